The van der Waals surface area contributed by atoms with Gasteiger partial charge >= 0.3 is 0 Å². The van der Waals surface area contributed by atoms with Gasteiger partial charge in [0.2, 0.25) is 0 Å². The van der Waals surface area contributed by atoms with E-state index in [0.29, 0.717) is 17.6 Å². The van der Waals surface area contributed by atoms with Crippen LogP contribution in [0.1, 0.15) is 18.4 Å². The molecule has 2 N–H and O–H groups in total. The maximum Gasteiger partial charge on any atom is 0.144 e. The van der Waals surface area contributed by atoms with Gasteiger partial charge in [-0.05, 0) is 47.4 Å². The average molecular weight is 305 g/mol. The van der Waals surface area contributed by atoms with Crippen LogP contribution in [-0.4, -0.2) is 24.0 Å². The van der Waals surface area contributed by atoms with Crippen LogP contribution in [0.5, 0.6) is 0 Å². The Labute approximate surface area is 108 Å². The first-order chi connectivity index (χ1) is 8.13. The van der Waals surface area contributed by atoms with E-state index in [1.165, 1.54) is 12.1 Å². The number of hydrogen-bond acceptors (Lipinski definition) is 2. The fourth-order valence-corrected chi connectivity index (χ4v) is 2.66. The van der Waals surface area contributed by atoms with Gasteiger partial charge in [-0.1, -0.05) is 0 Å². The Morgan fingerprint density at radius 1 is 1.41 bits per heavy atom. The number of halogens is 3. The van der Waals surface area contributed by atoms with Crippen molar-refractivity contribution in [1.29, 1.82) is 0 Å². The van der Waals surface area contributed by atoms with Crippen molar-refractivity contribution in [3.63, 3.8) is 0 Å². The van der Waals surface area contributed by atoms with E-state index in [1.807, 2.05) is 4.90 Å². The van der Waals surface area contributed by atoms with Gasteiger partial charge in [0.05, 0.1) is 4.47 Å². The molecular formula is C12H15BrF2N2. The van der Waals surface area contributed by atoms with Crippen LogP contribution in [0.4, 0.5) is 8.78 Å². The van der Waals surface area contributed by atoms with Gasteiger partial charge in [-0.3, -0.25) is 4.90 Å². The normalized spacial score (nSPS) is 21.1. The predicted octanol–water partition coefficient (Wildman–Crippen LogP) is 2.65. The largest absolute Gasteiger partial charge is 0.329 e. The Morgan fingerprint density at radius 2 is 2.18 bits per heavy atom. The van der Waals surface area contributed by atoms with Gasteiger partial charge in [-0.25, -0.2) is 8.78 Å². The molecule has 0 aliphatic carbocycles. The molecule has 0 amide bonds. The zero-order chi connectivity index (χ0) is 12.4. The van der Waals surface area contributed by atoms with Crippen molar-refractivity contribution in [2.75, 3.05) is 13.1 Å². The molecule has 2 rings (SSSR count). The van der Waals surface area contributed by atoms with Crippen molar-refractivity contribution < 1.29 is 8.78 Å². The van der Waals surface area contributed by atoms with Crippen LogP contribution in [0.25, 0.3) is 0 Å². The van der Waals surface area contributed by atoms with Gasteiger partial charge in [-0.15, -0.1) is 0 Å². The summed E-state index contributed by atoms with van der Waals surface area (Å²) in [5, 5.41) is 0. The molecule has 94 valence electrons. The summed E-state index contributed by atoms with van der Waals surface area (Å²) in [7, 11) is 0. The SMILES string of the molecule is NCC1CCCN1Cc1c(F)ccc(Br)c1F. The molecule has 1 atom stereocenters. The molecule has 1 aromatic rings. The molecule has 2 nitrogen and oxygen atoms in total. The summed E-state index contributed by atoms with van der Waals surface area (Å²) in [5.41, 5.74) is 5.77. The molecular weight excluding hydrogens is 290 g/mol. The van der Waals surface area contributed by atoms with Crippen LogP contribution in [-0.2, 0) is 6.54 Å². The van der Waals surface area contributed by atoms with E-state index in [9.17, 15) is 8.78 Å². The first kappa shape index (κ1) is 12.9. The lowest BCUT2D eigenvalue weighted by Crippen LogP contribution is -2.35. The van der Waals surface area contributed by atoms with Crippen molar-refractivity contribution in [2.45, 2.75) is 25.4 Å². The van der Waals surface area contributed by atoms with Gasteiger partial charge in [0, 0.05) is 24.7 Å². The van der Waals surface area contributed by atoms with E-state index in [-0.39, 0.29) is 11.6 Å². The van der Waals surface area contributed by atoms with Crippen LogP contribution in [0, 0.1) is 11.6 Å². The highest BCUT2D eigenvalue weighted by Crippen LogP contribution is 2.26. The number of likely N-dealkylation sites (tertiary alicyclic amines) is 1. The van der Waals surface area contributed by atoms with Gasteiger partial charge < -0.3 is 5.73 Å². The third-order valence-corrected chi connectivity index (χ3v) is 3.88. The summed E-state index contributed by atoms with van der Waals surface area (Å²) in [6, 6.07) is 2.92. The topological polar surface area (TPSA) is 29.3 Å². The second-order valence-electron chi connectivity index (χ2n) is 4.32. The number of rotatable bonds is 3. The molecule has 0 aromatic heterocycles. The van der Waals surface area contributed by atoms with Crippen LogP contribution < -0.4 is 5.73 Å². The smallest absolute Gasteiger partial charge is 0.144 e. The molecule has 0 saturated carbocycles. The lowest BCUT2D eigenvalue weighted by atomic mass is 10.1. The van der Waals surface area contributed by atoms with E-state index < -0.39 is 11.6 Å². The Kier molecular flexibility index (Phi) is 4.12. The van der Waals surface area contributed by atoms with Gasteiger partial charge in [0.25, 0.3) is 0 Å². The summed E-state index contributed by atoms with van der Waals surface area (Å²) in [6.07, 6.45) is 2.05. The highest BCUT2D eigenvalue weighted by atomic mass is 79.9. The molecule has 1 aliphatic heterocycles. The Bertz CT molecular complexity index is 412. The zero-order valence-corrected chi connectivity index (χ0v) is 11.0. The standard InChI is InChI=1S/C12H15BrF2N2/c13-10-3-4-11(14)9(12(10)15)7-17-5-1-2-8(17)6-16/h3-4,8H,1-2,5-7,16H2. The van der Waals surface area contributed by atoms with Gasteiger partial charge in [0.1, 0.15) is 11.6 Å². The zero-order valence-electron chi connectivity index (χ0n) is 9.43. The molecule has 1 aliphatic rings. The van der Waals surface area contributed by atoms with E-state index in [4.69, 9.17) is 5.73 Å². The highest BCUT2D eigenvalue weighted by Gasteiger charge is 2.25. The Morgan fingerprint density at radius 3 is 2.88 bits per heavy atom. The molecule has 0 radical (unpaired) electrons. The van der Waals surface area contributed by atoms with Gasteiger partial charge in [-0.2, -0.15) is 0 Å². The number of benzene rings is 1. The lowest BCUT2D eigenvalue weighted by molar-refractivity contribution is 0.243. The molecule has 1 saturated heterocycles. The van der Waals surface area contributed by atoms with Crippen molar-refractivity contribution in [1.82, 2.24) is 4.90 Å². The molecule has 5 heteroatoms. The molecule has 0 bridgehead atoms. The molecule has 1 unspecified atom stereocenters. The molecule has 1 aromatic carbocycles. The Balaban J connectivity index is 2.21. The molecule has 1 fully saturated rings. The van der Waals surface area contributed by atoms with Crippen molar-refractivity contribution >= 4 is 15.9 Å². The summed E-state index contributed by atoms with van der Waals surface area (Å²) >= 11 is 3.08. The van der Waals surface area contributed by atoms with E-state index >= 15 is 0 Å². The van der Waals surface area contributed by atoms with Crippen LogP contribution in [0.15, 0.2) is 16.6 Å². The van der Waals surface area contributed by atoms with E-state index in [2.05, 4.69) is 15.9 Å². The minimum atomic E-state index is -0.507. The Hall–Kier alpha value is -0.520. The predicted molar refractivity (Wildman–Crippen MR) is 66.5 cm³/mol. The molecule has 1 heterocycles. The van der Waals surface area contributed by atoms with Crippen LogP contribution >= 0.6 is 15.9 Å². The third kappa shape index (κ3) is 2.67. The summed E-state index contributed by atoms with van der Waals surface area (Å²) in [6.45, 7) is 1.68. The fourth-order valence-electron chi connectivity index (χ4n) is 2.29. The summed E-state index contributed by atoms with van der Waals surface area (Å²) in [4.78, 5) is 2.05. The highest BCUT2D eigenvalue weighted by molar-refractivity contribution is 9.10. The quantitative estimate of drug-likeness (QED) is 0.870. The summed E-state index contributed by atoms with van der Waals surface area (Å²) in [5.74, 6) is -0.999. The lowest BCUT2D eigenvalue weighted by Gasteiger charge is -2.23. The summed E-state index contributed by atoms with van der Waals surface area (Å²) < 4.78 is 27.7. The molecule has 17 heavy (non-hydrogen) atoms. The number of hydrogen-bond donors (Lipinski definition) is 1. The van der Waals surface area contributed by atoms with Crippen molar-refractivity contribution in [3.8, 4) is 0 Å². The van der Waals surface area contributed by atoms with Crippen LogP contribution in [0.3, 0.4) is 0 Å². The third-order valence-electron chi connectivity index (χ3n) is 3.27. The maximum absolute atomic E-state index is 13.8. The minimum absolute atomic E-state index is 0.125. The van der Waals surface area contributed by atoms with Gasteiger partial charge in [0.15, 0.2) is 0 Å². The first-order valence-electron chi connectivity index (χ1n) is 5.70. The van der Waals surface area contributed by atoms with Crippen molar-refractivity contribution in [3.05, 3.63) is 33.8 Å². The number of nitrogens with zero attached hydrogens (tertiary/aromatic N) is 1. The second-order valence-corrected chi connectivity index (χ2v) is 5.18. The first-order valence-corrected chi connectivity index (χ1v) is 6.49. The average Bonchev–Trinajstić information content (AvgIpc) is 2.77. The van der Waals surface area contributed by atoms with E-state index in [1.54, 1.807) is 0 Å². The number of nitrogens with two attached hydrogens (primary N) is 1. The monoisotopic (exact) mass is 304 g/mol. The van der Waals surface area contributed by atoms with Crippen molar-refractivity contribution in [2.24, 2.45) is 5.73 Å². The maximum atomic E-state index is 13.8. The van der Waals surface area contributed by atoms with Crippen LogP contribution in [0.2, 0.25) is 0 Å². The second kappa shape index (κ2) is 5.42. The molecule has 0 spiro atoms. The minimum Gasteiger partial charge on any atom is -0.329 e. The van der Waals surface area contributed by atoms with E-state index in [0.717, 1.165) is 19.4 Å². The fraction of sp³-hybridized carbons (Fsp3) is 0.500.